The second kappa shape index (κ2) is 10.9. The highest BCUT2D eigenvalue weighted by atomic mass is 35.5. The Kier molecular flexibility index (Phi) is 8.81. The van der Waals surface area contributed by atoms with Crippen LogP contribution in [-0.2, 0) is 22.6 Å². The number of halogens is 3. The van der Waals surface area contributed by atoms with Gasteiger partial charge in [0.1, 0.15) is 6.04 Å². The van der Waals surface area contributed by atoms with Crippen LogP contribution in [0, 0.1) is 0 Å². The molecule has 0 fully saturated rings. The van der Waals surface area contributed by atoms with E-state index >= 15 is 0 Å². The lowest BCUT2D eigenvalue weighted by Crippen LogP contribution is -2.49. The molecule has 29 heavy (non-hydrogen) atoms. The van der Waals surface area contributed by atoms with Crippen molar-refractivity contribution in [3.05, 3.63) is 68.7 Å². The number of hydrogen-bond acceptors (Lipinski definition) is 2. The zero-order chi connectivity index (χ0) is 21.6. The molecule has 0 radical (unpaired) electrons. The number of benzene rings is 2. The Labute approximate surface area is 187 Å². The maximum absolute atomic E-state index is 13.1. The van der Waals surface area contributed by atoms with Gasteiger partial charge in [0.25, 0.3) is 0 Å². The molecule has 0 saturated heterocycles. The first-order valence-electron chi connectivity index (χ1n) is 9.49. The molecule has 0 aliphatic heterocycles. The summed E-state index contributed by atoms with van der Waals surface area (Å²) in [5.74, 6) is -0.371. The van der Waals surface area contributed by atoms with Gasteiger partial charge >= 0.3 is 0 Å². The van der Waals surface area contributed by atoms with E-state index in [0.29, 0.717) is 15.1 Å². The van der Waals surface area contributed by atoms with Crippen molar-refractivity contribution in [1.29, 1.82) is 0 Å². The fraction of sp³-hybridized carbons (Fsp3) is 0.364. The molecular weight excluding hydrogens is 431 g/mol. The number of carbonyl (C=O) groups excluding carboxylic acids is 2. The summed E-state index contributed by atoms with van der Waals surface area (Å²) in [5.41, 5.74) is 1.58. The average Bonchev–Trinajstić information content (AvgIpc) is 2.68. The third-order valence-electron chi connectivity index (χ3n) is 4.75. The van der Waals surface area contributed by atoms with E-state index in [0.717, 1.165) is 17.5 Å². The fourth-order valence-corrected chi connectivity index (χ4v) is 3.34. The first-order valence-corrected chi connectivity index (χ1v) is 10.6. The Morgan fingerprint density at radius 2 is 1.72 bits per heavy atom. The van der Waals surface area contributed by atoms with Gasteiger partial charge in [-0.1, -0.05) is 59.9 Å². The average molecular weight is 456 g/mol. The molecular formula is C22H25Cl3N2O2. The molecule has 0 spiro atoms. The largest absolute Gasteiger partial charge is 0.352 e. The van der Waals surface area contributed by atoms with Crippen LogP contribution in [-0.4, -0.2) is 28.8 Å². The highest BCUT2D eigenvalue weighted by Gasteiger charge is 2.27. The van der Waals surface area contributed by atoms with Crippen LogP contribution >= 0.6 is 34.8 Å². The molecule has 4 nitrogen and oxygen atoms in total. The summed E-state index contributed by atoms with van der Waals surface area (Å²) in [6.07, 6.45) is 0.949. The number of rotatable bonds is 8. The van der Waals surface area contributed by atoms with E-state index in [1.807, 2.05) is 19.9 Å². The maximum atomic E-state index is 13.1. The van der Waals surface area contributed by atoms with Gasteiger partial charge in [-0.15, -0.1) is 0 Å². The topological polar surface area (TPSA) is 49.4 Å². The Bertz CT molecular complexity index is 873. The molecule has 2 aromatic rings. The van der Waals surface area contributed by atoms with E-state index in [4.69, 9.17) is 34.8 Å². The minimum atomic E-state index is -0.648. The second-order valence-electron chi connectivity index (χ2n) is 7.07. The quantitative estimate of drug-likeness (QED) is 0.569. The zero-order valence-electron chi connectivity index (χ0n) is 16.7. The van der Waals surface area contributed by atoms with E-state index in [2.05, 4.69) is 5.32 Å². The van der Waals surface area contributed by atoms with Crippen molar-refractivity contribution in [1.82, 2.24) is 10.2 Å². The van der Waals surface area contributed by atoms with Crippen molar-refractivity contribution in [2.45, 2.75) is 52.2 Å². The molecule has 1 N–H and O–H groups in total. The lowest BCUT2D eigenvalue weighted by Gasteiger charge is -2.30. The minimum Gasteiger partial charge on any atom is -0.352 e. The first kappa shape index (κ1) is 23.5. The van der Waals surface area contributed by atoms with Crippen molar-refractivity contribution in [2.75, 3.05) is 0 Å². The van der Waals surface area contributed by atoms with E-state index in [1.165, 1.54) is 0 Å². The smallest absolute Gasteiger partial charge is 0.242 e. The summed E-state index contributed by atoms with van der Waals surface area (Å²) in [5, 5.41) is 4.35. The number of hydrogen-bond donors (Lipinski definition) is 1. The Morgan fingerprint density at radius 3 is 2.34 bits per heavy atom. The number of nitrogens with one attached hydrogen (secondary N) is 1. The van der Waals surface area contributed by atoms with Crippen LogP contribution in [0.4, 0.5) is 0 Å². The van der Waals surface area contributed by atoms with Crippen molar-refractivity contribution in [3.63, 3.8) is 0 Å². The van der Waals surface area contributed by atoms with Gasteiger partial charge < -0.3 is 10.2 Å². The van der Waals surface area contributed by atoms with Gasteiger partial charge in [-0.25, -0.2) is 0 Å². The molecule has 2 amide bonds. The summed E-state index contributed by atoms with van der Waals surface area (Å²) in [7, 11) is 0. The van der Waals surface area contributed by atoms with E-state index in [9.17, 15) is 9.59 Å². The molecule has 0 unspecified atom stereocenters. The molecule has 2 rings (SSSR count). The van der Waals surface area contributed by atoms with Crippen LogP contribution in [0.5, 0.6) is 0 Å². The molecule has 0 aliphatic rings. The van der Waals surface area contributed by atoms with Crippen LogP contribution in [0.25, 0.3) is 0 Å². The van der Waals surface area contributed by atoms with Crippen LogP contribution in [0.1, 0.15) is 38.3 Å². The highest BCUT2D eigenvalue weighted by molar-refractivity contribution is 6.42. The first-order chi connectivity index (χ1) is 13.7. The van der Waals surface area contributed by atoms with E-state index < -0.39 is 6.04 Å². The summed E-state index contributed by atoms with van der Waals surface area (Å²) >= 11 is 18.2. The maximum Gasteiger partial charge on any atom is 0.242 e. The Morgan fingerprint density at radius 1 is 1.00 bits per heavy atom. The van der Waals surface area contributed by atoms with Gasteiger partial charge in [0.05, 0.1) is 16.5 Å². The number of nitrogens with zero attached hydrogens (tertiary/aromatic N) is 1. The van der Waals surface area contributed by atoms with Crippen LogP contribution < -0.4 is 5.32 Å². The lowest BCUT2D eigenvalue weighted by atomic mass is 10.1. The minimum absolute atomic E-state index is 0.0276. The zero-order valence-corrected chi connectivity index (χ0v) is 19.0. The number of carbonyl (C=O) groups is 2. The molecule has 0 saturated carbocycles. The third kappa shape index (κ3) is 6.91. The van der Waals surface area contributed by atoms with Crippen LogP contribution in [0.15, 0.2) is 42.5 Å². The highest BCUT2D eigenvalue weighted by Crippen LogP contribution is 2.24. The van der Waals surface area contributed by atoms with Gasteiger partial charge in [-0.3, -0.25) is 9.59 Å². The molecule has 0 bridgehead atoms. The van der Waals surface area contributed by atoms with Crippen LogP contribution in [0.3, 0.4) is 0 Å². The van der Waals surface area contributed by atoms with Gasteiger partial charge in [0.2, 0.25) is 11.8 Å². The molecule has 2 aromatic carbocycles. The normalized spacial score (nSPS) is 12.9. The molecule has 156 valence electrons. The van der Waals surface area contributed by atoms with E-state index in [1.54, 1.807) is 48.2 Å². The molecule has 0 heterocycles. The van der Waals surface area contributed by atoms with Crippen LogP contribution in [0.2, 0.25) is 15.1 Å². The Balaban J connectivity index is 2.26. The van der Waals surface area contributed by atoms with Gasteiger partial charge in [-0.05, 0) is 55.7 Å². The predicted octanol–water partition coefficient (Wildman–Crippen LogP) is 5.52. The van der Waals surface area contributed by atoms with Gasteiger partial charge in [-0.2, -0.15) is 0 Å². The molecule has 2 atom stereocenters. The number of amides is 2. The SMILES string of the molecule is CC[C@H](C)NC(=O)[C@H](C)N(Cc1ccc(Cl)c(Cl)c1)C(=O)Cc1cccc(Cl)c1. The van der Waals surface area contributed by atoms with Crippen molar-refractivity contribution >= 4 is 46.6 Å². The second-order valence-corrected chi connectivity index (χ2v) is 8.32. The molecule has 0 aliphatic carbocycles. The Hall–Kier alpha value is -1.75. The summed E-state index contributed by atoms with van der Waals surface area (Å²) in [6, 6.07) is 11.7. The van der Waals surface area contributed by atoms with Gasteiger partial charge in [0.15, 0.2) is 0 Å². The van der Waals surface area contributed by atoms with Crippen molar-refractivity contribution in [3.8, 4) is 0 Å². The lowest BCUT2D eigenvalue weighted by molar-refractivity contribution is -0.140. The summed E-state index contributed by atoms with van der Waals surface area (Å²) in [6.45, 7) is 5.89. The van der Waals surface area contributed by atoms with Gasteiger partial charge in [0, 0.05) is 17.6 Å². The third-order valence-corrected chi connectivity index (χ3v) is 5.72. The van der Waals surface area contributed by atoms with E-state index in [-0.39, 0.29) is 30.8 Å². The fourth-order valence-electron chi connectivity index (χ4n) is 2.81. The standard InChI is InChI=1S/C22H25Cl3N2O2/c1-4-14(2)26-22(29)15(3)27(13-17-8-9-19(24)20(25)11-17)21(28)12-16-6-5-7-18(23)10-16/h5-11,14-15H,4,12-13H2,1-3H3,(H,26,29)/t14-,15-/m0/s1. The summed E-state index contributed by atoms with van der Waals surface area (Å²) < 4.78 is 0. The predicted molar refractivity (Wildman–Crippen MR) is 120 cm³/mol. The molecule has 0 aromatic heterocycles. The van der Waals surface area contributed by atoms with Crippen molar-refractivity contribution < 1.29 is 9.59 Å². The monoisotopic (exact) mass is 454 g/mol. The molecule has 7 heteroatoms. The summed E-state index contributed by atoms with van der Waals surface area (Å²) in [4.78, 5) is 27.4. The van der Waals surface area contributed by atoms with Crippen molar-refractivity contribution in [2.24, 2.45) is 0 Å².